The lowest BCUT2D eigenvalue weighted by Gasteiger charge is -2.22. The highest BCUT2D eigenvalue weighted by Gasteiger charge is 2.16. The van der Waals surface area contributed by atoms with Crippen LogP contribution in [0.5, 0.6) is 0 Å². The summed E-state index contributed by atoms with van der Waals surface area (Å²) in [6, 6.07) is 0. The Balaban J connectivity index is 1.84. The van der Waals surface area contributed by atoms with E-state index in [1.54, 1.807) is 0 Å². The fraction of sp³-hybridized carbons (Fsp3) is 0.667. The summed E-state index contributed by atoms with van der Waals surface area (Å²) in [6.07, 6.45) is 11.0. The van der Waals surface area contributed by atoms with Crippen LogP contribution in [0.3, 0.4) is 0 Å². The SMILES string of the molecule is CC1=CC(CN2CCCC2)CC=C1. The van der Waals surface area contributed by atoms with Crippen LogP contribution in [0.25, 0.3) is 0 Å². The summed E-state index contributed by atoms with van der Waals surface area (Å²) in [5, 5.41) is 0. The first-order valence-corrected chi connectivity index (χ1v) is 5.42. The van der Waals surface area contributed by atoms with Gasteiger partial charge in [-0.2, -0.15) is 0 Å². The Kier molecular flexibility index (Phi) is 2.84. The predicted molar refractivity (Wildman–Crippen MR) is 56.7 cm³/mol. The average Bonchev–Trinajstić information content (AvgIpc) is 2.57. The lowest BCUT2D eigenvalue weighted by molar-refractivity contribution is 0.302. The first-order chi connectivity index (χ1) is 6.34. The molecule has 2 rings (SSSR count). The van der Waals surface area contributed by atoms with Crippen molar-refractivity contribution in [2.45, 2.75) is 26.2 Å². The maximum absolute atomic E-state index is 2.60. The van der Waals surface area contributed by atoms with Gasteiger partial charge >= 0.3 is 0 Å². The molecule has 1 heteroatoms. The Morgan fingerprint density at radius 1 is 1.38 bits per heavy atom. The zero-order chi connectivity index (χ0) is 9.10. The first-order valence-electron chi connectivity index (χ1n) is 5.42. The number of likely N-dealkylation sites (tertiary alicyclic amines) is 1. The summed E-state index contributed by atoms with van der Waals surface area (Å²) in [7, 11) is 0. The van der Waals surface area contributed by atoms with E-state index in [4.69, 9.17) is 0 Å². The third kappa shape index (κ3) is 2.44. The van der Waals surface area contributed by atoms with Gasteiger partial charge in [0, 0.05) is 6.54 Å². The van der Waals surface area contributed by atoms with Gasteiger partial charge in [0.25, 0.3) is 0 Å². The summed E-state index contributed by atoms with van der Waals surface area (Å²) < 4.78 is 0. The van der Waals surface area contributed by atoms with Gasteiger partial charge in [-0.25, -0.2) is 0 Å². The minimum Gasteiger partial charge on any atom is -0.303 e. The van der Waals surface area contributed by atoms with Crippen LogP contribution in [0.15, 0.2) is 23.8 Å². The van der Waals surface area contributed by atoms with Gasteiger partial charge < -0.3 is 4.90 Å². The zero-order valence-electron chi connectivity index (χ0n) is 8.50. The second kappa shape index (κ2) is 4.10. The maximum atomic E-state index is 2.60. The van der Waals surface area contributed by atoms with E-state index >= 15 is 0 Å². The third-order valence-corrected chi connectivity index (χ3v) is 3.01. The molecule has 1 aliphatic heterocycles. The molecule has 0 saturated carbocycles. The van der Waals surface area contributed by atoms with Gasteiger partial charge in [-0.3, -0.25) is 0 Å². The molecular weight excluding hydrogens is 158 g/mol. The Bertz CT molecular complexity index is 221. The van der Waals surface area contributed by atoms with Crippen LogP contribution in [-0.2, 0) is 0 Å². The van der Waals surface area contributed by atoms with E-state index in [2.05, 4.69) is 30.1 Å². The normalized spacial score (nSPS) is 29.3. The summed E-state index contributed by atoms with van der Waals surface area (Å²) >= 11 is 0. The van der Waals surface area contributed by atoms with E-state index in [1.807, 2.05) is 0 Å². The maximum Gasteiger partial charge on any atom is 0.00475 e. The Morgan fingerprint density at radius 2 is 2.15 bits per heavy atom. The number of allylic oxidation sites excluding steroid dienone is 3. The molecule has 0 radical (unpaired) electrons. The molecule has 0 spiro atoms. The van der Waals surface area contributed by atoms with Gasteiger partial charge in [0.15, 0.2) is 0 Å². The molecular formula is C12H19N. The fourth-order valence-corrected chi connectivity index (χ4v) is 2.35. The molecule has 72 valence electrons. The second-order valence-electron chi connectivity index (χ2n) is 4.32. The van der Waals surface area contributed by atoms with Crippen molar-refractivity contribution in [3.05, 3.63) is 23.8 Å². The van der Waals surface area contributed by atoms with Crippen LogP contribution in [-0.4, -0.2) is 24.5 Å². The molecule has 0 aromatic rings. The van der Waals surface area contributed by atoms with Gasteiger partial charge in [-0.1, -0.05) is 23.8 Å². The van der Waals surface area contributed by atoms with E-state index in [-0.39, 0.29) is 0 Å². The fourth-order valence-electron chi connectivity index (χ4n) is 2.35. The molecule has 0 amide bonds. The van der Waals surface area contributed by atoms with Gasteiger partial charge in [0.05, 0.1) is 0 Å². The Hall–Kier alpha value is -0.560. The van der Waals surface area contributed by atoms with Crippen LogP contribution in [0, 0.1) is 5.92 Å². The minimum atomic E-state index is 0.781. The Labute approximate surface area is 81.1 Å². The van der Waals surface area contributed by atoms with Crippen LogP contribution in [0.2, 0.25) is 0 Å². The molecule has 0 N–H and O–H groups in total. The number of hydrogen-bond donors (Lipinski definition) is 0. The molecule has 13 heavy (non-hydrogen) atoms. The van der Waals surface area contributed by atoms with E-state index in [0.717, 1.165) is 5.92 Å². The summed E-state index contributed by atoms with van der Waals surface area (Å²) in [5.41, 5.74) is 1.44. The predicted octanol–water partition coefficient (Wildman–Crippen LogP) is 2.60. The topological polar surface area (TPSA) is 3.24 Å². The highest BCUT2D eigenvalue weighted by Crippen LogP contribution is 2.19. The molecule has 1 atom stereocenters. The van der Waals surface area contributed by atoms with E-state index < -0.39 is 0 Å². The van der Waals surface area contributed by atoms with E-state index in [9.17, 15) is 0 Å². The molecule has 1 unspecified atom stereocenters. The van der Waals surface area contributed by atoms with Crippen LogP contribution >= 0.6 is 0 Å². The smallest absolute Gasteiger partial charge is 0.00475 e. The molecule has 1 fully saturated rings. The van der Waals surface area contributed by atoms with Gasteiger partial charge in [0.1, 0.15) is 0 Å². The largest absolute Gasteiger partial charge is 0.303 e. The lowest BCUT2D eigenvalue weighted by atomic mass is 9.96. The van der Waals surface area contributed by atoms with Crippen molar-refractivity contribution in [1.29, 1.82) is 0 Å². The summed E-state index contributed by atoms with van der Waals surface area (Å²) in [6.45, 7) is 6.13. The van der Waals surface area contributed by atoms with Crippen molar-refractivity contribution in [3.63, 3.8) is 0 Å². The molecule has 2 aliphatic rings. The van der Waals surface area contributed by atoms with Gasteiger partial charge in [0.2, 0.25) is 0 Å². The van der Waals surface area contributed by atoms with E-state index in [1.165, 1.54) is 44.5 Å². The minimum absolute atomic E-state index is 0.781. The van der Waals surface area contributed by atoms with Gasteiger partial charge in [-0.15, -0.1) is 0 Å². The van der Waals surface area contributed by atoms with Crippen molar-refractivity contribution in [2.75, 3.05) is 19.6 Å². The van der Waals surface area contributed by atoms with Crippen molar-refractivity contribution in [1.82, 2.24) is 4.90 Å². The summed E-state index contributed by atoms with van der Waals surface area (Å²) in [5.74, 6) is 0.781. The van der Waals surface area contributed by atoms with Crippen LogP contribution in [0.1, 0.15) is 26.2 Å². The first kappa shape index (κ1) is 9.01. The van der Waals surface area contributed by atoms with Crippen molar-refractivity contribution >= 4 is 0 Å². The highest BCUT2D eigenvalue weighted by molar-refractivity contribution is 5.21. The Morgan fingerprint density at radius 3 is 2.85 bits per heavy atom. The van der Waals surface area contributed by atoms with E-state index in [0.29, 0.717) is 0 Å². The molecule has 1 aliphatic carbocycles. The number of nitrogens with zero attached hydrogens (tertiary/aromatic N) is 1. The van der Waals surface area contributed by atoms with Crippen molar-refractivity contribution in [2.24, 2.45) is 5.92 Å². The van der Waals surface area contributed by atoms with Crippen LogP contribution in [0.4, 0.5) is 0 Å². The van der Waals surface area contributed by atoms with Gasteiger partial charge in [-0.05, 0) is 45.2 Å². The summed E-state index contributed by atoms with van der Waals surface area (Å²) in [4.78, 5) is 2.60. The molecule has 0 aromatic heterocycles. The zero-order valence-corrected chi connectivity index (χ0v) is 8.50. The van der Waals surface area contributed by atoms with Crippen molar-refractivity contribution < 1.29 is 0 Å². The monoisotopic (exact) mass is 177 g/mol. The number of hydrogen-bond acceptors (Lipinski definition) is 1. The lowest BCUT2D eigenvalue weighted by Crippen LogP contribution is -2.26. The highest BCUT2D eigenvalue weighted by atomic mass is 15.1. The molecule has 0 aromatic carbocycles. The average molecular weight is 177 g/mol. The number of rotatable bonds is 2. The molecule has 1 nitrogen and oxygen atoms in total. The second-order valence-corrected chi connectivity index (χ2v) is 4.32. The molecule has 1 heterocycles. The quantitative estimate of drug-likeness (QED) is 0.626. The molecule has 1 saturated heterocycles. The third-order valence-electron chi connectivity index (χ3n) is 3.01. The molecule has 0 bridgehead atoms. The van der Waals surface area contributed by atoms with Crippen LogP contribution < -0.4 is 0 Å². The van der Waals surface area contributed by atoms with Crippen molar-refractivity contribution in [3.8, 4) is 0 Å². The standard InChI is InChI=1S/C12H19N/c1-11-5-4-6-12(9-11)10-13-7-2-3-8-13/h4-5,9,12H,2-3,6-8,10H2,1H3.